The summed E-state index contributed by atoms with van der Waals surface area (Å²) < 4.78 is 5.19. The van der Waals surface area contributed by atoms with Gasteiger partial charge in [0, 0.05) is 24.2 Å². The topological polar surface area (TPSA) is 113 Å². The van der Waals surface area contributed by atoms with Crippen molar-refractivity contribution in [2.45, 2.75) is 12.5 Å². The number of carbonyl (C=O) groups is 2. The summed E-state index contributed by atoms with van der Waals surface area (Å²) in [6, 6.07) is 11.3. The third kappa shape index (κ3) is 4.62. The molecule has 1 aliphatic heterocycles. The molecule has 0 aliphatic carbocycles. The van der Waals surface area contributed by atoms with Crippen LogP contribution in [0.1, 0.15) is 23.6 Å². The van der Waals surface area contributed by atoms with Gasteiger partial charge in [-0.15, -0.1) is 0 Å². The van der Waals surface area contributed by atoms with E-state index in [1.54, 1.807) is 24.3 Å². The zero-order valence-electron chi connectivity index (χ0n) is 18.1. The zero-order valence-corrected chi connectivity index (χ0v) is 18.1. The Balaban J connectivity index is 2.10. The summed E-state index contributed by atoms with van der Waals surface area (Å²) in [5.74, 6) is -1.34. The fraction of sp³-hybridized carbons (Fsp3) is 0.304. The van der Waals surface area contributed by atoms with E-state index in [4.69, 9.17) is 4.74 Å². The van der Waals surface area contributed by atoms with Crippen molar-refractivity contribution in [1.82, 2.24) is 9.80 Å². The van der Waals surface area contributed by atoms with Crippen molar-refractivity contribution in [1.29, 1.82) is 0 Å². The predicted molar refractivity (Wildman–Crippen MR) is 118 cm³/mol. The minimum absolute atomic E-state index is 0.0537. The molecule has 32 heavy (non-hydrogen) atoms. The van der Waals surface area contributed by atoms with Gasteiger partial charge >= 0.3 is 0 Å². The Kier molecular flexibility index (Phi) is 6.89. The number of hydrogen-bond acceptors (Lipinski definition) is 7. The second kappa shape index (κ2) is 9.61. The van der Waals surface area contributed by atoms with Crippen LogP contribution in [0.5, 0.6) is 5.75 Å². The number of methoxy groups -OCH3 is 1. The lowest BCUT2D eigenvalue weighted by Crippen LogP contribution is -2.32. The molecule has 1 fully saturated rings. The highest BCUT2D eigenvalue weighted by atomic mass is 16.6. The van der Waals surface area contributed by atoms with Crippen LogP contribution in [0.4, 0.5) is 5.69 Å². The summed E-state index contributed by atoms with van der Waals surface area (Å²) in [7, 11) is 5.30. The van der Waals surface area contributed by atoms with Gasteiger partial charge in [0.2, 0.25) is 0 Å². The highest BCUT2D eigenvalue weighted by molar-refractivity contribution is 6.46. The number of nitrogens with zero attached hydrogens (tertiary/aromatic N) is 3. The summed E-state index contributed by atoms with van der Waals surface area (Å²) in [4.78, 5) is 39.8. The molecule has 1 aliphatic rings. The lowest BCUT2D eigenvalue weighted by Gasteiger charge is -2.26. The van der Waals surface area contributed by atoms with Gasteiger partial charge in [0.1, 0.15) is 11.5 Å². The van der Waals surface area contributed by atoms with E-state index < -0.39 is 22.7 Å². The standard InChI is InChI=1S/C23H25N3O6/c1-24(2)12-5-13-25-20(15-8-10-17(11-9-15)26(30)31)19(22(28)23(25)29)21(27)16-6-4-7-18(14-16)32-3/h4,6-11,14,20,27H,5,12-13H2,1-3H3/b21-19-. The first-order valence-corrected chi connectivity index (χ1v) is 10.1. The maximum Gasteiger partial charge on any atom is 0.295 e. The van der Waals surface area contributed by atoms with Gasteiger partial charge in [0.25, 0.3) is 17.4 Å². The van der Waals surface area contributed by atoms with Gasteiger partial charge in [-0.05, 0) is 56.9 Å². The molecule has 1 heterocycles. The number of amides is 1. The van der Waals surface area contributed by atoms with Crippen LogP contribution in [0.15, 0.2) is 54.1 Å². The number of carbonyl (C=O) groups excluding carboxylic acids is 2. The second-order valence-corrected chi connectivity index (χ2v) is 7.73. The molecule has 0 bridgehead atoms. The lowest BCUT2D eigenvalue weighted by molar-refractivity contribution is -0.384. The summed E-state index contributed by atoms with van der Waals surface area (Å²) in [6.07, 6.45) is 0.614. The number of rotatable bonds is 8. The van der Waals surface area contributed by atoms with Crippen LogP contribution in [0.25, 0.3) is 5.76 Å². The number of benzene rings is 2. The minimum Gasteiger partial charge on any atom is -0.507 e. The van der Waals surface area contributed by atoms with E-state index in [2.05, 4.69) is 0 Å². The van der Waals surface area contributed by atoms with Crippen molar-refractivity contribution in [3.63, 3.8) is 0 Å². The second-order valence-electron chi connectivity index (χ2n) is 7.73. The van der Waals surface area contributed by atoms with E-state index >= 15 is 0 Å². The molecule has 1 atom stereocenters. The molecule has 0 saturated carbocycles. The average molecular weight is 439 g/mol. The third-order valence-corrected chi connectivity index (χ3v) is 5.31. The number of hydrogen-bond donors (Lipinski definition) is 1. The summed E-state index contributed by atoms with van der Waals surface area (Å²) in [5, 5.41) is 22.1. The van der Waals surface area contributed by atoms with E-state index in [0.717, 1.165) is 0 Å². The monoisotopic (exact) mass is 439 g/mol. The minimum atomic E-state index is -0.857. The molecule has 1 saturated heterocycles. The summed E-state index contributed by atoms with van der Waals surface area (Å²) in [6.45, 7) is 0.991. The Bertz CT molecular complexity index is 1060. The fourth-order valence-corrected chi connectivity index (χ4v) is 3.72. The molecule has 1 amide bonds. The summed E-state index contributed by atoms with van der Waals surface area (Å²) >= 11 is 0. The van der Waals surface area contributed by atoms with E-state index in [1.165, 1.54) is 36.3 Å². The Labute approximate surface area is 185 Å². The lowest BCUT2D eigenvalue weighted by atomic mass is 9.95. The van der Waals surface area contributed by atoms with Crippen LogP contribution in [-0.4, -0.2) is 65.8 Å². The first-order chi connectivity index (χ1) is 15.2. The Morgan fingerprint density at radius 2 is 1.88 bits per heavy atom. The van der Waals surface area contributed by atoms with Crippen molar-refractivity contribution in [2.75, 3.05) is 34.3 Å². The van der Waals surface area contributed by atoms with Gasteiger partial charge in [-0.25, -0.2) is 0 Å². The molecular weight excluding hydrogens is 414 g/mol. The first kappa shape index (κ1) is 23.0. The van der Waals surface area contributed by atoms with Gasteiger partial charge in [0.05, 0.1) is 23.6 Å². The number of nitro groups is 1. The van der Waals surface area contributed by atoms with Crippen molar-refractivity contribution >= 4 is 23.1 Å². The molecule has 2 aromatic carbocycles. The normalized spacial score (nSPS) is 17.8. The van der Waals surface area contributed by atoms with E-state index in [9.17, 15) is 24.8 Å². The Hall–Kier alpha value is -3.72. The maximum atomic E-state index is 13.0. The number of nitro benzene ring substituents is 1. The molecule has 0 radical (unpaired) electrons. The van der Waals surface area contributed by atoms with Crippen LogP contribution in [0.2, 0.25) is 0 Å². The van der Waals surface area contributed by atoms with E-state index in [1.807, 2.05) is 19.0 Å². The molecule has 2 aromatic rings. The third-order valence-electron chi connectivity index (χ3n) is 5.31. The first-order valence-electron chi connectivity index (χ1n) is 10.1. The number of ether oxygens (including phenoxy) is 1. The van der Waals surface area contributed by atoms with Gasteiger partial charge in [-0.3, -0.25) is 19.7 Å². The number of Topliss-reactive ketones (excluding diaryl/α,β-unsaturated/α-hetero) is 1. The number of likely N-dealkylation sites (tertiary alicyclic amines) is 1. The number of ketones is 1. The molecule has 9 nitrogen and oxygen atoms in total. The molecule has 3 rings (SSSR count). The maximum absolute atomic E-state index is 13.0. The molecule has 1 N–H and O–H groups in total. The molecule has 1 unspecified atom stereocenters. The molecule has 168 valence electrons. The largest absolute Gasteiger partial charge is 0.507 e. The quantitative estimate of drug-likeness (QED) is 0.221. The highest BCUT2D eigenvalue weighted by Gasteiger charge is 2.45. The Morgan fingerprint density at radius 3 is 2.47 bits per heavy atom. The number of aliphatic hydroxyl groups is 1. The molecule has 0 aromatic heterocycles. The van der Waals surface area contributed by atoms with Crippen LogP contribution in [0.3, 0.4) is 0 Å². The van der Waals surface area contributed by atoms with E-state index in [0.29, 0.717) is 36.4 Å². The van der Waals surface area contributed by atoms with Gasteiger partial charge < -0.3 is 19.6 Å². The number of aliphatic hydroxyl groups excluding tert-OH is 1. The van der Waals surface area contributed by atoms with Gasteiger partial charge in [0.15, 0.2) is 0 Å². The van der Waals surface area contributed by atoms with Gasteiger partial charge in [-0.2, -0.15) is 0 Å². The summed E-state index contributed by atoms with van der Waals surface area (Å²) in [5.41, 5.74) is 0.680. The highest BCUT2D eigenvalue weighted by Crippen LogP contribution is 2.40. The van der Waals surface area contributed by atoms with Crippen LogP contribution >= 0.6 is 0 Å². The zero-order chi connectivity index (χ0) is 23.4. The van der Waals surface area contributed by atoms with Crippen molar-refractivity contribution in [3.8, 4) is 5.75 Å². The van der Waals surface area contributed by atoms with Crippen molar-refractivity contribution in [2.24, 2.45) is 0 Å². The smallest absolute Gasteiger partial charge is 0.295 e. The molecule has 9 heteroatoms. The fourth-order valence-electron chi connectivity index (χ4n) is 3.72. The molecule has 0 spiro atoms. The van der Waals surface area contributed by atoms with Crippen LogP contribution in [-0.2, 0) is 9.59 Å². The molecular formula is C23H25N3O6. The predicted octanol–water partition coefficient (Wildman–Crippen LogP) is 2.98. The van der Waals surface area contributed by atoms with Crippen molar-refractivity contribution in [3.05, 3.63) is 75.3 Å². The van der Waals surface area contributed by atoms with E-state index in [-0.39, 0.29) is 17.0 Å². The van der Waals surface area contributed by atoms with Crippen LogP contribution in [0, 0.1) is 10.1 Å². The average Bonchev–Trinajstić information content (AvgIpc) is 3.03. The van der Waals surface area contributed by atoms with Gasteiger partial charge in [-0.1, -0.05) is 12.1 Å². The number of non-ortho nitro benzene ring substituents is 1. The Morgan fingerprint density at radius 1 is 1.19 bits per heavy atom. The SMILES string of the molecule is COc1cccc(/C(O)=C2/C(=O)C(=O)N(CCCN(C)C)C2c2ccc([N+](=O)[O-])cc2)c1. The van der Waals surface area contributed by atoms with Crippen LogP contribution < -0.4 is 4.74 Å². The van der Waals surface area contributed by atoms with Crippen molar-refractivity contribution < 1.29 is 24.4 Å².